The Kier molecular flexibility index (Phi) is 9.36. The normalized spacial score (nSPS) is 12.6. The number of benzene rings is 10. The highest BCUT2D eigenvalue weighted by Crippen LogP contribution is 2.63. The second-order valence-corrected chi connectivity index (χ2v) is 17.5. The number of fused-ring (bicyclic) bond motifs is 9. The molecule has 0 amide bonds. The van der Waals surface area contributed by atoms with Crippen molar-refractivity contribution in [1.82, 2.24) is 15.0 Å². The molecule has 68 heavy (non-hydrogen) atoms. The zero-order valence-corrected chi connectivity index (χ0v) is 36.9. The topological polar surface area (TPSA) is 47.9 Å². The van der Waals surface area contributed by atoms with E-state index in [4.69, 9.17) is 19.7 Å². The molecule has 4 heteroatoms. The number of hydrogen-bond acceptors (Lipinski definition) is 4. The maximum absolute atomic E-state index is 6.79. The molecule has 0 fully saturated rings. The Morgan fingerprint density at radius 3 is 1.06 bits per heavy atom. The largest absolute Gasteiger partial charge is 0.457 e. The maximum atomic E-state index is 6.79. The Bertz CT molecular complexity index is 3580. The molecular weight excluding hydrogens is 827 g/mol. The van der Waals surface area contributed by atoms with Gasteiger partial charge in [0.05, 0.1) is 5.41 Å². The third-order valence-corrected chi connectivity index (χ3v) is 13.6. The zero-order valence-electron chi connectivity index (χ0n) is 36.9. The molecule has 1 aliphatic carbocycles. The summed E-state index contributed by atoms with van der Waals surface area (Å²) in [7, 11) is 0. The summed E-state index contributed by atoms with van der Waals surface area (Å²) in [5, 5.41) is 0. The molecule has 0 radical (unpaired) electrons. The van der Waals surface area contributed by atoms with Crippen LogP contribution in [0.1, 0.15) is 22.3 Å². The van der Waals surface area contributed by atoms with Gasteiger partial charge in [-0.25, -0.2) is 15.0 Å². The third-order valence-electron chi connectivity index (χ3n) is 13.6. The smallest absolute Gasteiger partial charge is 0.164 e. The number of ether oxygens (including phenoxy) is 1. The van der Waals surface area contributed by atoms with Crippen LogP contribution in [-0.2, 0) is 5.41 Å². The lowest BCUT2D eigenvalue weighted by Crippen LogP contribution is -2.32. The quantitative estimate of drug-likeness (QED) is 0.160. The van der Waals surface area contributed by atoms with E-state index in [1.807, 2.05) is 24.3 Å². The Hall–Kier alpha value is -8.99. The van der Waals surface area contributed by atoms with E-state index in [0.29, 0.717) is 17.5 Å². The Morgan fingerprint density at radius 1 is 0.235 bits per heavy atom. The fourth-order valence-electron chi connectivity index (χ4n) is 10.4. The van der Waals surface area contributed by atoms with Crippen molar-refractivity contribution >= 4 is 0 Å². The lowest BCUT2D eigenvalue weighted by molar-refractivity contribution is 0.436. The molecule has 0 N–H and O–H groups in total. The fraction of sp³-hybridized carbons (Fsp3) is 0.0156. The number of aromatic nitrogens is 3. The summed E-state index contributed by atoms with van der Waals surface area (Å²) in [5.41, 5.74) is 18.2. The summed E-state index contributed by atoms with van der Waals surface area (Å²) in [6.45, 7) is 0. The van der Waals surface area contributed by atoms with Crippen LogP contribution >= 0.6 is 0 Å². The van der Waals surface area contributed by atoms with Crippen LogP contribution in [0.2, 0.25) is 0 Å². The van der Waals surface area contributed by atoms with Gasteiger partial charge < -0.3 is 4.74 Å². The first-order chi connectivity index (χ1) is 33.7. The van der Waals surface area contributed by atoms with Crippen LogP contribution in [-0.4, -0.2) is 15.0 Å². The average molecular weight is 868 g/mol. The van der Waals surface area contributed by atoms with Gasteiger partial charge in [0.2, 0.25) is 0 Å². The molecular formula is C64H41N3O. The van der Waals surface area contributed by atoms with Gasteiger partial charge in [0.1, 0.15) is 11.5 Å². The van der Waals surface area contributed by atoms with Crippen molar-refractivity contribution in [3.63, 3.8) is 0 Å². The molecule has 1 aliphatic heterocycles. The second kappa shape index (κ2) is 16.2. The van der Waals surface area contributed by atoms with E-state index in [1.54, 1.807) is 0 Å². The summed E-state index contributed by atoms with van der Waals surface area (Å²) in [6, 6.07) is 88.3. The number of hydrogen-bond donors (Lipinski definition) is 0. The molecule has 13 rings (SSSR count). The number of para-hydroxylation sites is 2. The lowest BCUT2D eigenvalue weighted by Gasteiger charge is -2.39. The van der Waals surface area contributed by atoms with Crippen molar-refractivity contribution in [2.45, 2.75) is 5.41 Å². The first-order valence-corrected chi connectivity index (χ1v) is 23.1. The van der Waals surface area contributed by atoms with Crippen molar-refractivity contribution in [1.29, 1.82) is 0 Å². The van der Waals surface area contributed by atoms with Crippen molar-refractivity contribution in [3.05, 3.63) is 271 Å². The van der Waals surface area contributed by atoms with Crippen LogP contribution in [0.3, 0.4) is 0 Å². The Morgan fingerprint density at radius 2 is 0.559 bits per heavy atom. The van der Waals surface area contributed by atoms with Gasteiger partial charge >= 0.3 is 0 Å². The average Bonchev–Trinajstić information content (AvgIpc) is 3.70. The van der Waals surface area contributed by atoms with E-state index in [2.05, 4.69) is 224 Å². The number of rotatable bonds is 7. The van der Waals surface area contributed by atoms with Gasteiger partial charge in [-0.3, -0.25) is 0 Å². The van der Waals surface area contributed by atoms with E-state index in [-0.39, 0.29) is 0 Å². The zero-order chi connectivity index (χ0) is 45.0. The van der Waals surface area contributed by atoms with Crippen molar-refractivity contribution < 1.29 is 4.74 Å². The van der Waals surface area contributed by atoms with Crippen LogP contribution in [0.25, 0.3) is 89.8 Å². The van der Waals surface area contributed by atoms with Crippen LogP contribution in [0, 0.1) is 0 Å². The number of nitrogens with zero attached hydrogens (tertiary/aromatic N) is 3. The summed E-state index contributed by atoms with van der Waals surface area (Å²) < 4.78 is 6.79. The summed E-state index contributed by atoms with van der Waals surface area (Å²) >= 11 is 0. The highest BCUT2D eigenvalue weighted by atomic mass is 16.5. The van der Waals surface area contributed by atoms with Crippen molar-refractivity contribution in [2.24, 2.45) is 0 Å². The van der Waals surface area contributed by atoms with Crippen LogP contribution < -0.4 is 4.74 Å². The molecule has 0 atom stereocenters. The van der Waals surface area contributed by atoms with Gasteiger partial charge in [-0.1, -0.05) is 206 Å². The summed E-state index contributed by atoms with van der Waals surface area (Å²) in [5.74, 6) is 3.52. The summed E-state index contributed by atoms with van der Waals surface area (Å²) in [4.78, 5) is 15.6. The standard InChI is InChI=1S/C64H41N3O/c1-5-17-42(18-6-1)45-29-31-47(32-30-45)62-65-61(46-23-11-4-12-24-46)66-63(67-62)49-34-36-54-53-35-33-48(52-38-50(43-19-7-2-8-20-43)37-51(39-52)44-21-9-3-10-22-44)40-57(53)64(58(54)41-49)55-25-13-15-27-59(55)68-60-28-16-14-26-56(60)64/h1-41H. The molecule has 2 aliphatic rings. The molecule has 11 aromatic rings. The van der Waals surface area contributed by atoms with Gasteiger partial charge in [0, 0.05) is 27.8 Å². The first kappa shape index (κ1) is 39.4. The highest BCUT2D eigenvalue weighted by molar-refractivity contribution is 5.92. The van der Waals surface area contributed by atoms with E-state index in [1.165, 1.54) is 38.9 Å². The van der Waals surface area contributed by atoms with E-state index >= 15 is 0 Å². The predicted molar refractivity (Wildman–Crippen MR) is 275 cm³/mol. The van der Waals surface area contributed by atoms with Gasteiger partial charge in [-0.05, 0) is 109 Å². The molecule has 1 spiro atoms. The molecule has 0 bridgehead atoms. The van der Waals surface area contributed by atoms with E-state index in [9.17, 15) is 0 Å². The molecule has 318 valence electrons. The lowest BCUT2D eigenvalue weighted by atomic mass is 9.65. The van der Waals surface area contributed by atoms with Crippen LogP contribution in [0.4, 0.5) is 0 Å². The SMILES string of the molecule is c1ccc(-c2ccc(-c3nc(-c4ccccc4)nc(-c4ccc5c(c4)C4(c6ccccc6Oc6ccccc64)c4cc(-c6cc(-c7ccccc7)cc(-c7ccccc7)c6)ccc4-5)n3)cc2)cc1. The minimum atomic E-state index is -0.729. The Labute approximate surface area is 395 Å². The second-order valence-electron chi connectivity index (χ2n) is 17.5. The maximum Gasteiger partial charge on any atom is 0.164 e. The predicted octanol–water partition coefficient (Wildman–Crippen LogP) is 16.0. The van der Waals surface area contributed by atoms with Gasteiger partial charge in [0.15, 0.2) is 17.5 Å². The van der Waals surface area contributed by atoms with E-state index in [0.717, 1.165) is 67.1 Å². The third kappa shape index (κ3) is 6.57. The van der Waals surface area contributed by atoms with Gasteiger partial charge in [-0.15, -0.1) is 0 Å². The molecule has 0 saturated carbocycles. The highest BCUT2D eigenvalue weighted by Gasteiger charge is 2.51. The summed E-state index contributed by atoms with van der Waals surface area (Å²) in [6.07, 6.45) is 0. The van der Waals surface area contributed by atoms with Crippen LogP contribution in [0.15, 0.2) is 249 Å². The first-order valence-electron chi connectivity index (χ1n) is 23.1. The monoisotopic (exact) mass is 867 g/mol. The molecule has 1 aromatic heterocycles. The molecule has 4 nitrogen and oxygen atoms in total. The fourth-order valence-corrected chi connectivity index (χ4v) is 10.4. The van der Waals surface area contributed by atoms with Gasteiger partial charge in [0.25, 0.3) is 0 Å². The molecule has 2 heterocycles. The molecule has 10 aromatic carbocycles. The van der Waals surface area contributed by atoms with Gasteiger partial charge in [-0.2, -0.15) is 0 Å². The van der Waals surface area contributed by atoms with Crippen LogP contribution in [0.5, 0.6) is 11.5 Å². The molecule has 0 saturated heterocycles. The molecule has 0 unspecified atom stereocenters. The minimum Gasteiger partial charge on any atom is -0.457 e. The Balaban J connectivity index is 1.02. The van der Waals surface area contributed by atoms with Crippen molar-refractivity contribution in [3.8, 4) is 101 Å². The van der Waals surface area contributed by atoms with Crippen molar-refractivity contribution in [2.75, 3.05) is 0 Å². The minimum absolute atomic E-state index is 0.607. The van der Waals surface area contributed by atoms with E-state index < -0.39 is 5.41 Å².